The number of hydrogen-bond donors (Lipinski definition) is 1. The molecule has 0 bridgehead atoms. The Morgan fingerprint density at radius 2 is 1.87 bits per heavy atom. The first-order valence-electron chi connectivity index (χ1n) is 9.99. The van der Waals surface area contributed by atoms with Gasteiger partial charge in [0.1, 0.15) is 18.4 Å². The van der Waals surface area contributed by atoms with E-state index in [0.717, 1.165) is 23.3 Å². The van der Waals surface area contributed by atoms with Gasteiger partial charge in [-0.2, -0.15) is 4.98 Å². The van der Waals surface area contributed by atoms with Gasteiger partial charge in [-0.1, -0.05) is 55.8 Å². The highest BCUT2D eigenvalue weighted by Gasteiger charge is 2.26. The maximum Gasteiger partial charge on any atom is 0.249 e. The van der Waals surface area contributed by atoms with E-state index in [4.69, 9.17) is 14.0 Å². The molecule has 0 radical (unpaired) electrons. The standard InChI is InChI=1S/C23H27N3O4/c1-4-16(2)21(24-20(27)15-29-14-17-8-6-5-7-9-17)23-25-22(26-30-23)18-10-12-19(28-3)13-11-18/h5-13,16,21H,4,14-15H2,1-3H3,(H,24,27). The number of ether oxygens (including phenoxy) is 2. The lowest BCUT2D eigenvalue weighted by Crippen LogP contribution is -2.35. The van der Waals surface area contributed by atoms with Crippen molar-refractivity contribution < 1.29 is 18.8 Å². The van der Waals surface area contributed by atoms with Gasteiger partial charge in [0.15, 0.2) is 0 Å². The van der Waals surface area contributed by atoms with Gasteiger partial charge in [-0.15, -0.1) is 0 Å². The number of carbonyl (C=O) groups excluding carboxylic acids is 1. The van der Waals surface area contributed by atoms with Gasteiger partial charge in [0.05, 0.1) is 13.7 Å². The minimum Gasteiger partial charge on any atom is -0.497 e. The quantitative estimate of drug-likeness (QED) is 0.541. The molecule has 0 aliphatic heterocycles. The summed E-state index contributed by atoms with van der Waals surface area (Å²) in [5.74, 6) is 1.50. The van der Waals surface area contributed by atoms with Crippen LogP contribution >= 0.6 is 0 Å². The second-order valence-electron chi connectivity index (χ2n) is 7.09. The average Bonchev–Trinajstić information content (AvgIpc) is 3.27. The molecule has 158 valence electrons. The highest BCUT2D eigenvalue weighted by atomic mass is 16.5. The smallest absolute Gasteiger partial charge is 0.249 e. The van der Waals surface area contributed by atoms with Crippen LogP contribution in [-0.2, 0) is 16.1 Å². The van der Waals surface area contributed by atoms with Gasteiger partial charge in [0, 0.05) is 5.56 Å². The van der Waals surface area contributed by atoms with Crippen molar-refractivity contribution in [3.63, 3.8) is 0 Å². The molecule has 0 saturated heterocycles. The van der Waals surface area contributed by atoms with E-state index in [0.29, 0.717) is 18.3 Å². The van der Waals surface area contributed by atoms with Crippen LogP contribution in [0, 0.1) is 5.92 Å². The van der Waals surface area contributed by atoms with Crippen molar-refractivity contribution in [1.29, 1.82) is 0 Å². The van der Waals surface area contributed by atoms with Gasteiger partial charge >= 0.3 is 0 Å². The second-order valence-corrected chi connectivity index (χ2v) is 7.09. The lowest BCUT2D eigenvalue weighted by atomic mass is 9.99. The average molecular weight is 409 g/mol. The van der Waals surface area contributed by atoms with E-state index in [2.05, 4.69) is 22.4 Å². The van der Waals surface area contributed by atoms with Crippen molar-refractivity contribution in [2.24, 2.45) is 5.92 Å². The molecule has 2 unspecified atom stereocenters. The Balaban J connectivity index is 1.63. The van der Waals surface area contributed by atoms with Crippen molar-refractivity contribution in [3.05, 3.63) is 66.1 Å². The fourth-order valence-electron chi connectivity index (χ4n) is 2.95. The number of rotatable bonds is 10. The Hall–Kier alpha value is -3.19. The molecular weight excluding hydrogens is 382 g/mol. The summed E-state index contributed by atoms with van der Waals surface area (Å²) in [6, 6.07) is 16.7. The molecule has 1 aromatic heterocycles. The van der Waals surface area contributed by atoms with Crippen LogP contribution in [0.3, 0.4) is 0 Å². The normalized spacial score (nSPS) is 12.9. The molecule has 1 heterocycles. The fourth-order valence-corrected chi connectivity index (χ4v) is 2.95. The summed E-state index contributed by atoms with van der Waals surface area (Å²) in [5.41, 5.74) is 1.83. The molecule has 1 amide bonds. The summed E-state index contributed by atoms with van der Waals surface area (Å²) in [4.78, 5) is 17.0. The summed E-state index contributed by atoms with van der Waals surface area (Å²) in [6.45, 7) is 4.43. The molecule has 30 heavy (non-hydrogen) atoms. The molecule has 7 nitrogen and oxygen atoms in total. The Labute approximate surface area is 176 Å². The van der Waals surface area contributed by atoms with Crippen LogP contribution in [0.15, 0.2) is 59.1 Å². The van der Waals surface area contributed by atoms with Crippen LogP contribution in [0.5, 0.6) is 5.75 Å². The van der Waals surface area contributed by atoms with Crippen LogP contribution in [0.25, 0.3) is 11.4 Å². The molecule has 7 heteroatoms. The van der Waals surface area contributed by atoms with Gasteiger partial charge in [0.25, 0.3) is 0 Å². The number of carbonyl (C=O) groups is 1. The lowest BCUT2D eigenvalue weighted by molar-refractivity contribution is -0.127. The summed E-state index contributed by atoms with van der Waals surface area (Å²) >= 11 is 0. The Bertz CT molecular complexity index is 925. The van der Waals surface area contributed by atoms with Crippen LogP contribution in [-0.4, -0.2) is 29.8 Å². The van der Waals surface area contributed by atoms with E-state index in [9.17, 15) is 4.79 Å². The maximum absolute atomic E-state index is 12.4. The summed E-state index contributed by atoms with van der Waals surface area (Å²) < 4.78 is 16.2. The third-order valence-corrected chi connectivity index (χ3v) is 4.93. The Kier molecular flexibility index (Phi) is 7.57. The molecule has 2 aromatic carbocycles. The maximum atomic E-state index is 12.4. The van der Waals surface area contributed by atoms with Gasteiger partial charge in [-0.3, -0.25) is 4.79 Å². The van der Waals surface area contributed by atoms with Crippen LogP contribution < -0.4 is 10.1 Å². The van der Waals surface area contributed by atoms with Gasteiger partial charge in [0.2, 0.25) is 17.6 Å². The third kappa shape index (κ3) is 5.67. The number of amides is 1. The molecule has 0 saturated carbocycles. The van der Waals surface area contributed by atoms with Gasteiger partial charge in [-0.25, -0.2) is 0 Å². The molecule has 0 aliphatic carbocycles. The molecule has 0 spiro atoms. The van der Waals surface area contributed by atoms with E-state index in [1.54, 1.807) is 7.11 Å². The second kappa shape index (κ2) is 10.5. The summed E-state index contributed by atoms with van der Waals surface area (Å²) in [6.07, 6.45) is 0.843. The molecule has 1 N–H and O–H groups in total. The Morgan fingerprint density at radius 3 is 2.53 bits per heavy atom. The highest BCUT2D eigenvalue weighted by molar-refractivity contribution is 5.77. The van der Waals surface area contributed by atoms with Crippen molar-refractivity contribution in [2.75, 3.05) is 13.7 Å². The number of nitrogens with one attached hydrogen (secondary N) is 1. The van der Waals surface area contributed by atoms with Gasteiger partial charge < -0.3 is 19.3 Å². The van der Waals surface area contributed by atoms with E-state index in [1.807, 2.05) is 61.5 Å². The van der Waals surface area contributed by atoms with Crippen molar-refractivity contribution in [2.45, 2.75) is 32.9 Å². The zero-order valence-electron chi connectivity index (χ0n) is 17.5. The van der Waals surface area contributed by atoms with E-state index >= 15 is 0 Å². The van der Waals surface area contributed by atoms with Gasteiger partial charge in [-0.05, 0) is 35.7 Å². The summed E-state index contributed by atoms with van der Waals surface area (Å²) in [7, 11) is 1.62. The molecule has 0 aliphatic rings. The first-order valence-corrected chi connectivity index (χ1v) is 9.99. The molecular formula is C23H27N3O4. The number of methoxy groups -OCH3 is 1. The first-order chi connectivity index (χ1) is 14.6. The summed E-state index contributed by atoms with van der Waals surface area (Å²) in [5, 5.41) is 7.05. The van der Waals surface area contributed by atoms with E-state index in [-0.39, 0.29) is 24.5 Å². The highest BCUT2D eigenvalue weighted by Crippen LogP contribution is 2.26. The van der Waals surface area contributed by atoms with Crippen LogP contribution in [0.1, 0.15) is 37.8 Å². The number of hydrogen-bond acceptors (Lipinski definition) is 6. The number of nitrogens with zero attached hydrogens (tertiary/aromatic N) is 2. The molecule has 2 atom stereocenters. The number of aromatic nitrogens is 2. The van der Waals surface area contributed by atoms with Crippen molar-refractivity contribution in [1.82, 2.24) is 15.5 Å². The SMILES string of the molecule is CCC(C)C(NC(=O)COCc1ccccc1)c1nc(-c2ccc(OC)cc2)no1. The zero-order valence-corrected chi connectivity index (χ0v) is 17.5. The minimum atomic E-state index is -0.387. The van der Waals surface area contributed by atoms with Crippen LogP contribution in [0.2, 0.25) is 0 Å². The third-order valence-electron chi connectivity index (χ3n) is 4.93. The van der Waals surface area contributed by atoms with Crippen LogP contribution in [0.4, 0.5) is 0 Å². The first kappa shape index (κ1) is 21.5. The molecule has 0 fully saturated rings. The fraction of sp³-hybridized carbons (Fsp3) is 0.348. The largest absolute Gasteiger partial charge is 0.497 e. The van der Waals surface area contributed by atoms with E-state index < -0.39 is 0 Å². The van der Waals surface area contributed by atoms with Crippen molar-refractivity contribution >= 4 is 5.91 Å². The lowest BCUT2D eigenvalue weighted by Gasteiger charge is -2.20. The van der Waals surface area contributed by atoms with E-state index in [1.165, 1.54) is 0 Å². The minimum absolute atomic E-state index is 0.0404. The van der Waals surface area contributed by atoms with Crippen molar-refractivity contribution in [3.8, 4) is 17.1 Å². The molecule has 3 aromatic rings. The topological polar surface area (TPSA) is 86.5 Å². The predicted octanol–water partition coefficient (Wildman–Crippen LogP) is 4.17. The monoisotopic (exact) mass is 409 g/mol. The number of benzene rings is 2. The zero-order chi connectivity index (χ0) is 21.3. The predicted molar refractivity (Wildman–Crippen MR) is 113 cm³/mol. The Morgan fingerprint density at radius 1 is 1.13 bits per heavy atom. The molecule has 3 rings (SSSR count).